The molecule has 0 aliphatic rings. The molecule has 1 atom stereocenters. The van der Waals surface area contributed by atoms with E-state index in [0.29, 0.717) is 39.3 Å². The van der Waals surface area contributed by atoms with Crippen molar-refractivity contribution in [1.29, 1.82) is 0 Å². The number of benzene rings is 3. The summed E-state index contributed by atoms with van der Waals surface area (Å²) >= 11 is 18.8. The normalized spacial score (nSPS) is 11.5. The fraction of sp³-hybridized carbons (Fsp3) is 0.259. The molecular weight excluding hydrogens is 507 g/mol. The van der Waals surface area contributed by atoms with Crippen molar-refractivity contribution in [2.24, 2.45) is 0 Å². The molecule has 3 aromatic rings. The number of nitrogens with zero attached hydrogens (tertiary/aromatic N) is 1. The predicted octanol–water partition coefficient (Wildman–Crippen LogP) is 6.19. The topological polar surface area (TPSA) is 58.6 Å². The summed E-state index contributed by atoms with van der Waals surface area (Å²) in [4.78, 5) is 28.3. The Bertz CT molecular complexity index is 1100. The van der Waals surface area contributed by atoms with Gasteiger partial charge in [0.25, 0.3) is 5.91 Å². The first-order valence-corrected chi connectivity index (χ1v) is 12.4. The highest BCUT2D eigenvalue weighted by Gasteiger charge is 2.31. The lowest BCUT2D eigenvalue weighted by Gasteiger charge is -2.32. The van der Waals surface area contributed by atoms with Crippen LogP contribution in [-0.2, 0) is 22.6 Å². The maximum Gasteiger partial charge on any atom is 0.261 e. The van der Waals surface area contributed by atoms with Gasteiger partial charge in [-0.1, -0.05) is 78.1 Å². The van der Waals surface area contributed by atoms with Crippen LogP contribution < -0.4 is 10.1 Å². The van der Waals surface area contributed by atoms with Gasteiger partial charge in [0.05, 0.1) is 0 Å². The van der Waals surface area contributed by atoms with Gasteiger partial charge in [-0.05, 0) is 48.4 Å². The van der Waals surface area contributed by atoms with Gasteiger partial charge in [-0.3, -0.25) is 9.59 Å². The summed E-state index contributed by atoms with van der Waals surface area (Å²) in [5, 5.41) is 4.33. The van der Waals surface area contributed by atoms with Crippen LogP contribution in [-0.4, -0.2) is 35.9 Å². The van der Waals surface area contributed by atoms with Crippen LogP contribution in [0.25, 0.3) is 0 Å². The van der Waals surface area contributed by atoms with E-state index in [9.17, 15) is 9.59 Å². The van der Waals surface area contributed by atoms with Crippen molar-refractivity contribution in [2.75, 3.05) is 13.2 Å². The van der Waals surface area contributed by atoms with Gasteiger partial charge in [-0.25, -0.2) is 0 Å². The van der Waals surface area contributed by atoms with Crippen LogP contribution in [0.1, 0.15) is 24.5 Å². The number of rotatable bonds is 11. The Morgan fingerprint density at radius 2 is 1.57 bits per heavy atom. The van der Waals surface area contributed by atoms with Crippen LogP contribution in [0.5, 0.6) is 5.75 Å². The van der Waals surface area contributed by atoms with Gasteiger partial charge >= 0.3 is 0 Å². The predicted molar refractivity (Wildman–Crippen MR) is 141 cm³/mol. The monoisotopic (exact) mass is 532 g/mol. The zero-order valence-electron chi connectivity index (χ0n) is 19.3. The van der Waals surface area contributed by atoms with E-state index in [4.69, 9.17) is 39.5 Å². The number of hydrogen-bond donors (Lipinski definition) is 1. The average molecular weight is 534 g/mol. The third-order valence-electron chi connectivity index (χ3n) is 5.39. The number of halogens is 3. The minimum absolute atomic E-state index is 0.0539. The first-order valence-electron chi connectivity index (χ1n) is 11.3. The van der Waals surface area contributed by atoms with E-state index in [0.717, 1.165) is 12.0 Å². The maximum atomic E-state index is 13.5. The summed E-state index contributed by atoms with van der Waals surface area (Å²) in [7, 11) is 0. The van der Waals surface area contributed by atoms with Gasteiger partial charge in [-0.15, -0.1) is 0 Å². The van der Waals surface area contributed by atoms with Crippen LogP contribution in [0.3, 0.4) is 0 Å². The molecule has 8 heteroatoms. The molecule has 0 heterocycles. The van der Waals surface area contributed by atoms with Crippen LogP contribution >= 0.6 is 34.8 Å². The summed E-state index contributed by atoms with van der Waals surface area (Å²) in [5.41, 5.74) is 1.49. The van der Waals surface area contributed by atoms with E-state index in [1.807, 2.05) is 37.3 Å². The molecule has 2 amide bonds. The van der Waals surface area contributed by atoms with Crippen molar-refractivity contribution in [3.05, 3.63) is 99.0 Å². The Hall–Kier alpha value is -2.73. The minimum atomic E-state index is -0.794. The second-order valence-corrected chi connectivity index (χ2v) is 9.21. The molecule has 0 bridgehead atoms. The fourth-order valence-corrected chi connectivity index (χ4v) is 4.18. The highest BCUT2D eigenvalue weighted by Crippen LogP contribution is 2.27. The molecule has 1 N–H and O–H groups in total. The first kappa shape index (κ1) is 26.9. The second kappa shape index (κ2) is 13.4. The highest BCUT2D eigenvalue weighted by molar-refractivity contribution is 6.36. The van der Waals surface area contributed by atoms with Crippen LogP contribution in [0, 0.1) is 0 Å². The molecule has 0 aliphatic heterocycles. The Labute approximate surface area is 220 Å². The minimum Gasteiger partial charge on any atom is -0.484 e. The van der Waals surface area contributed by atoms with E-state index in [1.165, 1.54) is 4.90 Å². The van der Waals surface area contributed by atoms with Gasteiger partial charge in [-0.2, -0.15) is 0 Å². The maximum absolute atomic E-state index is 13.5. The molecule has 35 heavy (non-hydrogen) atoms. The number of carbonyl (C=O) groups excluding carboxylic acids is 2. The Morgan fingerprint density at radius 3 is 2.20 bits per heavy atom. The number of hydrogen-bond acceptors (Lipinski definition) is 3. The van der Waals surface area contributed by atoms with Crippen molar-refractivity contribution in [1.82, 2.24) is 10.2 Å². The molecule has 0 saturated carbocycles. The van der Waals surface area contributed by atoms with E-state index in [-0.39, 0.29) is 25.0 Å². The first-order chi connectivity index (χ1) is 16.9. The average Bonchev–Trinajstić information content (AvgIpc) is 2.86. The quantitative estimate of drug-likeness (QED) is 0.320. The van der Waals surface area contributed by atoms with Crippen molar-refractivity contribution in [2.45, 2.75) is 32.4 Å². The van der Waals surface area contributed by atoms with Crippen LogP contribution in [0.2, 0.25) is 15.1 Å². The summed E-state index contributed by atoms with van der Waals surface area (Å²) in [5.74, 6) is -0.129. The highest BCUT2D eigenvalue weighted by atomic mass is 35.5. The van der Waals surface area contributed by atoms with Crippen molar-refractivity contribution in [3.8, 4) is 5.75 Å². The third-order valence-corrected chi connectivity index (χ3v) is 6.35. The third kappa shape index (κ3) is 7.89. The standard InChI is InChI=1S/C27H27Cl3N2O3/c1-2-15-31-27(34)25(16-19-7-4-3-5-8-19)32(17-22-23(29)9-6-10-24(22)30)26(33)18-35-21-13-11-20(28)12-14-21/h3-14,25H,2,15-18H2,1H3,(H,31,34)/t25-/m1/s1. The van der Waals surface area contributed by atoms with E-state index in [1.54, 1.807) is 42.5 Å². The molecule has 3 aromatic carbocycles. The summed E-state index contributed by atoms with van der Waals surface area (Å²) in [6, 6.07) is 20.6. The molecule has 0 spiro atoms. The van der Waals surface area contributed by atoms with Gasteiger partial charge < -0.3 is 15.0 Å². The number of ether oxygens (including phenoxy) is 1. The summed E-state index contributed by atoms with van der Waals surface area (Å²) < 4.78 is 5.72. The molecule has 0 aromatic heterocycles. The van der Waals surface area contributed by atoms with Gasteiger partial charge in [0.1, 0.15) is 11.8 Å². The van der Waals surface area contributed by atoms with E-state index >= 15 is 0 Å². The molecule has 5 nitrogen and oxygen atoms in total. The van der Waals surface area contributed by atoms with E-state index in [2.05, 4.69) is 5.32 Å². The summed E-state index contributed by atoms with van der Waals surface area (Å²) in [6.07, 6.45) is 1.10. The number of amides is 2. The Morgan fingerprint density at radius 1 is 0.914 bits per heavy atom. The fourth-order valence-electron chi connectivity index (χ4n) is 3.53. The van der Waals surface area contributed by atoms with Crippen LogP contribution in [0.15, 0.2) is 72.8 Å². The van der Waals surface area contributed by atoms with Crippen molar-refractivity contribution in [3.63, 3.8) is 0 Å². The molecular formula is C27H27Cl3N2O3. The zero-order chi connectivity index (χ0) is 25.2. The lowest BCUT2D eigenvalue weighted by Crippen LogP contribution is -2.51. The SMILES string of the molecule is CCCNC(=O)[C@@H](Cc1ccccc1)N(Cc1c(Cl)cccc1Cl)C(=O)COc1ccc(Cl)cc1. The largest absolute Gasteiger partial charge is 0.484 e. The van der Waals surface area contributed by atoms with E-state index < -0.39 is 6.04 Å². The lowest BCUT2D eigenvalue weighted by molar-refractivity contribution is -0.142. The second-order valence-electron chi connectivity index (χ2n) is 7.96. The molecule has 0 saturated heterocycles. The smallest absolute Gasteiger partial charge is 0.261 e. The molecule has 3 rings (SSSR count). The van der Waals surface area contributed by atoms with Crippen molar-refractivity contribution < 1.29 is 14.3 Å². The number of carbonyl (C=O) groups is 2. The van der Waals surface area contributed by atoms with Gasteiger partial charge in [0.2, 0.25) is 5.91 Å². The molecule has 0 unspecified atom stereocenters. The zero-order valence-corrected chi connectivity index (χ0v) is 21.6. The summed E-state index contributed by atoms with van der Waals surface area (Å²) in [6.45, 7) is 2.26. The van der Waals surface area contributed by atoms with Gasteiger partial charge in [0.15, 0.2) is 6.61 Å². The van der Waals surface area contributed by atoms with Crippen molar-refractivity contribution >= 4 is 46.6 Å². The van der Waals surface area contributed by atoms with Gasteiger partial charge in [0, 0.05) is 40.1 Å². The Balaban J connectivity index is 1.93. The van der Waals surface area contributed by atoms with Crippen LogP contribution in [0.4, 0.5) is 0 Å². The Kier molecular flexibility index (Phi) is 10.3. The number of nitrogens with one attached hydrogen (secondary N) is 1. The lowest BCUT2D eigenvalue weighted by atomic mass is 10.0. The molecule has 0 fully saturated rings. The molecule has 0 radical (unpaired) electrons. The molecule has 0 aliphatic carbocycles. The molecule has 184 valence electrons.